The lowest BCUT2D eigenvalue weighted by Gasteiger charge is -2.28. The normalized spacial score (nSPS) is 18.6. The average Bonchev–Trinajstić information content (AvgIpc) is 2.13. The first-order valence-corrected chi connectivity index (χ1v) is 6.37. The predicted molar refractivity (Wildman–Crippen MR) is 67.6 cm³/mol. The fraction of sp³-hybridized carbons (Fsp3) is 0.929. The van der Waals surface area contributed by atoms with E-state index in [9.17, 15) is 5.11 Å². The number of hydrogen-bond acceptors (Lipinski definition) is 1. The molecule has 0 aliphatic carbocycles. The van der Waals surface area contributed by atoms with Crippen LogP contribution in [0.5, 0.6) is 0 Å². The van der Waals surface area contributed by atoms with E-state index < -0.39 is 5.60 Å². The molecule has 0 aromatic heterocycles. The van der Waals surface area contributed by atoms with Gasteiger partial charge in [-0.05, 0) is 44.4 Å². The van der Waals surface area contributed by atoms with Crippen molar-refractivity contribution in [3.8, 4) is 0 Å². The Morgan fingerprint density at radius 2 is 1.67 bits per heavy atom. The Morgan fingerprint density at radius 1 is 1.13 bits per heavy atom. The molecular weight excluding hydrogens is 184 g/mol. The van der Waals surface area contributed by atoms with Crippen LogP contribution in [-0.2, 0) is 0 Å². The van der Waals surface area contributed by atoms with E-state index in [-0.39, 0.29) is 0 Å². The lowest BCUT2D eigenvalue weighted by atomic mass is 9.80. The Labute approximate surface area is 96.3 Å². The molecule has 0 fully saturated rings. The summed E-state index contributed by atoms with van der Waals surface area (Å²) in [5.74, 6) is 1.96. The van der Waals surface area contributed by atoms with E-state index in [2.05, 4.69) is 34.1 Å². The fourth-order valence-corrected chi connectivity index (χ4v) is 1.98. The average molecular weight is 213 g/mol. The lowest BCUT2D eigenvalue weighted by molar-refractivity contribution is 0.0544. The topological polar surface area (TPSA) is 20.2 Å². The maximum Gasteiger partial charge on any atom is 0.0594 e. The van der Waals surface area contributed by atoms with Crippen LogP contribution in [0.15, 0.2) is 0 Å². The van der Waals surface area contributed by atoms with Crippen molar-refractivity contribution in [1.82, 2.24) is 0 Å². The summed E-state index contributed by atoms with van der Waals surface area (Å²) in [6.07, 6.45) is 5.68. The van der Waals surface area contributed by atoms with E-state index in [0.29, 0.717) is 11.8 Å². The van der Waals surface area contributed by atoms with Crippen molar-refractivity contribution >= 4 is 0 Å². The van der Waals surface area contributed by atoms with Crippen LogP contribution in [0, 0.1) is 24.2 Å². The maximum absolute atomic E-state index is 9.81. The molecule has 0 aliphatic rings. The van der Waals surface area contributed by atoms with E-state index in [4.69, 9.17) is 0 Å². The van der Waals surface area contributed by atoms with Crippen molar-refractivity contribution in [2.75, 3.05) is 0 Å². The molecule has 1 N–H and O–H groups in total. The Kier molecular flexibility index (Phi) is 6.51. The summed E-state index contributed by atoms with van der Waals surface area (Å²) in [6, 6.07) is 0. The van der Waals surface area contributed by atoms with Gasteiger partial charge in [0.1, 0.15) is 0 Å². The van der Waals surface area contributed by atoms with Gasteiger partial charge >= 0.3 is 0 Å². The molecular formula is C14H29O. The van der Waals surface area contributed by atoms with Crippen molar-refractivity contribution in [3.05, 3.63) is 6.42 Å². The van der Waals surface area contributed by atoms with Crippen molar-refractivity contribution < 1.29 is 5.11 Å². The molecule has 3 atom stereocenters. The van der Waals surface area contributed by atoms with Gasteiger partial charge in [-0.25, -0.2) is 0 Å². The van der Waals surface area contributed by atoms with Crippen LogP contribution in [0.25, 0.3) is 0 Å². The molecule has 0 amide bonds. The Bertz CT molecular complexity index is 157. The van der Waals surface area contributed by atoms with Crippen molar-refractivity contribution in [3.63, 3.8) is 0 Å². The molecule has 0 saturated carbocycles. The van der Waals surface area contributed by atoms with Crippen molar-refractivity contribution in [2.45, 2.75) is 66.4 Å². The first-order valence-electron chi connectivity index (χ1n) is 6.37. The second-order valence-electron chi connectivity index (χ2n) is 5.62. The molecule has 0 aromatic carbocycles. The Hall–Kier alpha value is -0.0400. The van der Waals surface area contributed by atoms with Crippen LogP contribution in [0.1, 0.15) is 60.8 Å². The molecule has 15 heavy (non-hydrogen) atoms. The first kappa shape index (κ1) is 15.0. The number of hydrogen-bond donors (Lipinski definition) is 1. The SMILES string of the molecule is CCC([CH]C(C)C(C)CC)CC(C)(C)O. The quantitative estimate of drug-likeness (QED) is 0.676. The highest BCUT2D eigenvalue weighted by molar-refractivity contribution is 4.86. The second kappa shape index (κ2) is 6.52. The van der Waals surface area contributed by atoms with Gasteiger partial charge in [0, 0.05) is 0 Å². The predicted octanol–water partition coefficient (Wildman–Crippen LogP) is 4.06. The zero-order valence-corrected chi connectivity index (χ0v) is 11.4. The molecule has 0 rings (SSSR count). The highest BCUT2D eigenvalue weighted by Crippen LogP contribution is 2.28. The summed E-state index contributed by atoms with van der Waals surface area (Å²) >= 11 is 0. The third-order valence-electron chi connectivity index (χ3n) is 3.40. The number of aliphatic hydroxyl groups is 1. The van der Waals surface area contributed by atoms with Gasteiger partial charge in [-0.15, -0.1) is 0 Å². The van der Waals surface area contributed by atoms with Crippen LogP contribution < -0.4 is 0 Å². The minimum Gasteiger partial charge on any atom is -0.390 e. The third-order valence-corrected chi connectivity index (χ3v) is 3.40. The standard InChI is InChI=1S/C14H29O/c1-7-11(3)12(4)9-13(8-2)10-14(5,6)15/h9,11-13,15H,7-8,10H2,1-6H3. The molecule has 0 heterocycles. The largest absolute Gasteiger partial charge is 0.390 e. The van der Waals surface area contributed by atoms with Gasteiger partial charge in [-0.3, -0.25) is 0 Å². The minimum atomic E-state index is -0.535. The first-order chi connectivity index (χ1) is 6.80. The molecule has 0 spiro atoms. The Morgan fingerprint density at radius 3 is 2.00 bits per heavy atom. The van der Waals surface area contributed by atoms with Crippen LogP contribution in [0.4, 0.5) is 0 Å². The van der Waals surface area contributed by atoms with Gasteiger partial charge in [0.05, 0.1) is 5.60 Å². The van der Waals surface area contributed by atoms with Crippen LogP contribution in [-0.4, -0.2) is 10.7 Å². The van der Waals surface area contributed by atoms with Gasteiger partial charge in [-0.1, -0.05) is 40.5 Å². The molecule has 0 aromatic rings. The molecule has 1 nitrogen and oxygen atoms in total. The molecule has 3 unspecified atom stereocenters. The minimum absolute atomic E-state index is 0.535. The van der Waals surface area contributed by atoms with Crippen LogP contribution >= 0.6 is 0 Å². The Balaban J connectivity index is 4.09. The molecule has 91 valence electrons. The monoisotopic (exact) mass is 213 g/mol. The van der Waals surface area contributed by atoms with Gasteiger partial charge in [-0.2, -0.15) is 0 Å². The summed E-state index contributed by atoms with van der Waals surface area (Å²) in [4.78, 5) is 0. The summed E-state index contributed by atoms with van der Waals surface area (Å²) < 4.78 is 0. The molecule has 0 saturated heterocycles. The summed E-state index contributed by atoms with van der Waals surface area (Å²) in [5, 5.41) is 9.81. The molecule has 0 aliphatic heterocycles. The molecule has 0 bridgehead atoms. The van der Waals surface area contributed by atoms with E-state index in [1.165, 1.54) is 6.42 Å². The fourth-order valence-electron chi connectivity index (χ4n) is 1.98. The lowest BCUT2D eigenvalue weighted by Crippen LogP contribution is -2.25. The third kappa shape index (κ3) is 6.94. The van der Waals surface area contributed by atoms with Gasteiger partial charge in [0.2, 0.25) is 0 Å². The zero-order valence-electron chi connectivity index (χ0n) is 11.4. The van der Waals surface area contributed by atoms with E-state index in [1.807, 2.05) is 13.8 Å². The van der Waals surface area contributed by atoms with Crippen LogP contribution in [0.2, 0.25) is 0 Å². The molecule has 1 heteroatoms. The van der Waals surface area contributed by atoms with Gasteiger partial charge < -0.3 is 5.11 Å². The highest BCUT2D eigenvalue weighted by atomic mass is 16.3. The van der Waals surface area contributed by atoms with Crippen molar-refractivity contribution in [2.24, 2.45) is 17.8 Å². The summed E-state index contributed by atoms with van der Waals surface area (Å²) in [7, 11) is 0. The van der Waals surface area contributed by atoms with E-state index >= 15 is 0 Å². The van der Waals surface area contributed by atoms with E-state index in [1.54, 1.807) is 0 Å². The summed E-state index contributed by atoms with van der Waals surface area (Å²) in [5.41, 5.74) is -0.535. The second-order valence-corrected chi connectivity index (χ2v) is 5.62. The van der Waals surface area contributed by atoms with Gasteiger partial charge in [0.15, 0.2) is 0 Å². The zero-order chi connectivity index (χ0) is 12.1. The van der Waals surface area contributed by atoms with Crippen LogP contribution in [0.3, 0.4) is 0 Å². The maximum atomic E-state index is 9.81. The number of rotatable bonds is 7. The van der Waals surface area contributed by atoms with Crippen molar-refractivity contribution in [1.29, 1.82) is 0 Å². The smallest absolute Gasteiger partial charge is 0.0594 e. The molecule has 1 radical (unpaired) electrons. The summed E-state index contributed by atoms with van der Waals surface area (Å²) in [6.45, 7) is 12.8. The van der Waals surface area contributed by atoms with E-state index in [0.717, 1.165) is 18.8 Å². The highest BCUT2D eigenvalue weighted by Gasteiger charge is 2.22. The van der Waals surface area contributed by atoms with Gasteiger partial charge in [0.25, 0.3) is 0 Å².